The molecule has 2 amide bonds. The van der Waals surface area contributed by atoms with Crippen LogP contribution >= 0.6 is 0 Å². The molecule has 7 heteroatoms. The average Bonchev–Trinajstić information content (AvgIpc) is 2.93. The molecule has 0 saturated heterocycles. The van der Waals surface area contributed by atoms with E-state index in [2.05, 4.69) is 15.5 Å². The van der Waals surface area contributed by atoms with Crippen LogP contribution in [0.25, 0.3) is 0 Å². The second-order valence-electron chi connectivity index (χ2n) is 4.55. The molecule has 7 nitrogen and oxygen atoms in total. The van der Waals surface area contributed by atoms with Crippen LogP contribution in [0, 0.1) is 6.92 Å². The molecule has 2 aromatic rings. The van der Waals surface area contributed by atoms with Gasteiger partial charge in [0.1, 0.15) is 0 Å². The number of hydrogen-bond donors (Lipinski definition) is 3. The first-order valence-electron chi connectivity index (χ1n) is 6.42. The Morgan fingerprint density at radius 2 is 2.05 bits per heavy atom. The minimum Gasteiger partial charge on any atom is -0.481 e. The van der Waals surface area contributed by atoms with E-state index in [-0.39, 0.29) is 13.0 Å². The molecule has 3 N–H and O–H groups in total. The summed E-state index contributed by atoms with van der Waals surface area (Å²) < 4.78 is 0. The third-order valence-corrected chi connectivity index (χ3v) is 2.89. The molecule has 0 spiro atoms. The molecule has 0 saturated carbocycles. The zero-order chi connectivity index (χ0) is 15.2. The Kier molecular flexibility index (Phi) is 4.55. The summed E-state index contributed by atoms with van der Waals surface area (Å²) in [7, 11) is 0. The normalized spacial score (nSPS) is 10.1. The maximum atomic E-state index is 12.3. The maximum Gasteiger partial charge on any atom is 0.326 e. The lowest BCUT2D eigenvalue weighted by Gasteiger charge is -2.22. The van der Waals surface area contributed by atoms with Crippen LogP contribution in [0.5, 0.6) is 0 Å². The number of urea groups is 1. The number of carbonyl (C=O) groups is 2. The second-order valence-corrected chi connectivity index (χ2v) is 4.55. The molecule has 0 aliphatic heterocycles. The lowest BCUT2D eigenvalue weighted by Crippen LogP contribution is -2.36. The molecular formula is C14H16N4O3. The van der Waals surface area contributed by atoms with Gasteiger partial charge in [-0.1, -0.05) is 17.7 Å². The van der Waals surface area contributed by atoms with Gasteiger partial charge in [0.05, 0.1) is 18.3 Å². The minimum absolute atomic E-state index is 0.0854. The van der Waals surface area contributed by atoms with Crippen LogP contribution in [-0.2, 0) is 4.79 Å². The van der Waals surface area contributed by atoms with Crippen molar-refractivity contribution < 1.29 is 14.7 Å². The summed E-state index contributed by atoms with van der Waals surface area (Å²) in [6.45, 7) is 2.03. The zero-order valence-electron chi connectivity index (χ0n) is 11.5. The van der Waals surface area contributed by atoms with E-state index < -0.39 is 12.0 Å². The summed E-state index contributed by atoms with van der Waals surface area (Å²) in [6.07, 6.45) is 2.89. The van der Waals surface area contributed by atoms with Crippen LogP contribution in [0.2, 0.25) is 0 Å². The van der Waals surface area contributed by atoms with E-state index in [1.807, 2.05) is 19.1 Å². The van der Waals surface area contributed by atoms with Gasteiger partial charge in [-0.3, -0.25) is 14.8 Å². The Morgan fingerprint density at radius 1 is 1.33 bits per heavy atom. The smallest absolute Gasteiger partial charge is 0.326 e. The highest BCUT2D eigenvalue weighted by molar-refractivity contribution is 6.01. The molecule has 0 fully saturated rings. The summed E-state index contributed by atoms with van der Waals surface area (Å²) in [6, 6.07) is 6.90. The van der Waals surface area contributed by atoms with E-state index in [9.17, 15) is 9.59 Å². The van der Waals surface area contributed by atoms with Crippen molar-refractivity contribution in [3.05, 3.63) is 42.2 Å². The van der Waals surface area contributed by atoms with E-state index in [1.165, 1.54) is 11.1 Å². The third kappa shape index (κ3) is 4.07. The van der Waals surface area contributed by atoms with E-state index in [1.54, 1.807) is 18.3 Å². The van der Waals surface area contributed by atoms with Crippen LogP contribution in [0.3, 0.4) is 0 Å². The van der Waals surface area contributed by atoms with Gasteiger partial charge >= 0.3 is 12.0 Å². The van der Waals surface area contributed by atoms with Gasteiger partial charge < -0.3 is 10.4 Å². The van der Waals surface area contributed by atoms with E-state index in [0.717, 1.165) is 5.56 Å². The number of carboxylic acids is 1. The van der Waals surface area contributed by atoms with Crippen molar-refractivity contribution in [2.75, 3.05) is 16.8 Å². The van der Waals surface area contributed by atoms with Gasteiger partial charge in [-0.05, 0) is 19.1 Å². The molecule has 1 aromatic heterocycles. The number of nitrogens with one attached hydrogen (secondary N) is 2. The number of hydrogen-bond acceptors (Lipinski definition) is 3. The number of aliphatic carboxylic acids is 1. The number of H-pyrrole nitrogens is 1. The van der Waals surface area contributed by atoms with Crippen LogP contribution < -0.4 is 10.2 Å². The van der Waals surface area contributed by atoms with Gasteiger partial charge in [0.25, 0.3) is 0 Å². The fourth-order valence-corrected chi connectivity index (χ4v) is 1.79. The van der Waals surface area contributed by atoms with E-state index in [0.29, 0.717) is 11.4 Å². The minimum atomic E-state index is -0.955. The Balaban J connectivity index is 2.16. The first-order valence-corrected chi connectivity index (χ1v) is 6.42. The van der Waals surface area contributed by atoms with E-state index in [4.69, 9.17) is 5.11 Å². The summed E-state index contributed by atoms with van der Waals surface area (Å²) in [5.41, 5.74) is 2.22. The Hall–Kier alpha value is -2.83. The van der Waals surface area contributed by atoms with Gasteiger partial charge in [-0.25, -0.2) is 4.79 Å². The third-order valence-electron chi connectivity index (χ3n) is 2.89. The largest absolute Gasteiger partial charge is 0.481 e. The van der Waals surface area contributed by atoms with Crippen LogP contribution in [0.15, 0.2) is 36.7 Å². The molecule has 1 aromatic carbocycles. The predicted molar refractivity (Wildman–Crippen MR) is 78.4 cm³/mol. The molecule has 21 heavy (non-hydrogen) atoms. The first-order chi connectivity index (χ1) is 10.1. The Bertz CT molecular complexity index is 608. The van der Waals surface area contributed by atoms with Gasteiger partial charge in [0.2, 0.25) is 0 Å². The number of amides is 2. The van der Waals surface area contributed by atoms with Gasteiger partial charge in [0, 0.05) is 18.4 Å². The highest BCUT2D eigenvalue weighted by atomic mass is 16.4. The molecule has 0 atom stereocenters. The number of carboxylic acid groups (broad SMARTS) is 1. The van der Waals surface area contributed by atoms with Crippen molar-refractivity contribution in [2.45, 2.75) is 13.3 Å². The zero-order valence-corrected chi connectivity index (χ0v) is 11.5. The average molecular weight is 288 g/mol. The Labute approximate surface area is 121 Å². The predicted octanol–water partition coefficient (Wildman–Crippen LogP) is 2.23. The maximum absolute atomic E-state index is 12.3. The molecule has 0 aliphatic carbocycles. The van der Waals surface area contributed by atoms with Gasteiger partial charge in [-0.15, -0.1) is 0 Å². The lowest BCUT2D eigenvalue weighted by molar-refractivity contribution is -0.136. The van der Waals surface area contributed by atoms with E-state index >= 15 is 0 Å². The highest BCUT2D eigenvalue weighted by Gasteiger charge is 2.17. The molecule has 0 unspecified atom stereocenters. The summed E-state index contributed by atoms with van der Waals surface area (Å²) >= 11 is 0. The Morgan fingerprint density at radius 3 is 2.62 bits per heavy atom. The van der Waals surface area contributed by atoms with Crippen LogP contribution in [-0.4, -0.2) is 33.8 Å². The van der Waals surface area contributed by atoms with Crippen LogP contribution in [0.1, 0.15) is 12.0 Å². The highest BCUT2D eigenvalue weighted by Crippen LogP contribution is 2.17. The van der Waals surface area contributed by atoms with Crippen molar-refractivity contribution in [1.82, 2.24) is 10.2 Å². The molecular weight excluding hydrogens is 272 g/mol. The molecule has 0 radical (unpaired) electrons. The number of rotatable bonds is 5. The van der Waals surface area contributed by atoms with Gasteiger partial charge in [-0.2, -0.15) is 5.10 Å². The number of nitrogens with zero attached hydrogens (tertiary/aromatic N) is 2. The molecule has 1 heterocycles. The first kappa shape index (κ1) is 14.6. The number of aryl methyl sites for hydroxylation is 1. The topological polar surface area (TPSA) is 98.3 Å². The number of aromatic nitrogens is 2. The summed E-state index contributed by atoms with van der Waals surface area (Å²) in [5.74, 6) is -0.955. The van der Waals surface area contributed by atoms with Crippen molar-refractivity contribution in [2.24, 2.45) is 0 Å². The number of carbonyl (C=O) groups excluding carboxylic acids is 1. The molecule has 0 aliphatic rings. The molecule has 2 rings (SSSR count). The van der Waals surface area contributed by atoms with Crippen LogP contribution in [0.4, 0.5) is 16.2 Å². The summed E-state index contributed by atoms with van der Waals surface area (Å²) in [5, 5.41) is 17.8. The standard InChI is InChI=1S/C14H16N4O3/c1-10-2-4-12(5-3-10)18(7-6-13(19)20)14(21)17-11-8-15-16-9-11/h2-5,8-9H,6-7H2,1H3,(H,15,16)(H,17,21)(H,19,20). The lowest BCUT2D eigenvalue weighted by atomic mass is 10.2. The fraction of sp³-hybridized carbons (Fsp3) is 0.214. The van der Waals surface area contributed by atoms with Gasteiger partial charge in [0.15, 0.2) is 0 Å². The number of anilines is 2. The van der Waals surface area contributed by atoms with Crippen molar-refractivity contribution in [3.8, 4) is 0 Å². The monoisotopic (exact) mass is 288 g/mol. The summed E-state index contributed by atoms with van der Waals surface area (Å²) in [4.78, 5) is 24.4. The SMILES string of the molecule is Cc1ccc(N(CCC(=O)O)C(=O)Nc2cn[nH]c2)cc1. The fourth-order valence-electron chi connectivity index (χ4n) is 1.79. The molecule has 0 bridgehead atoms. The molecule has 110 valence electrons. The second kappa shape index (κ2) is 6.56. The number of aromatic amines is 1. The van der Waals surface area contributed by atoms with Crippen molar-refractivity contribution >= 4 is 23.4 Å². The number of benzene rings is 1. The quantitative estimate of drug-likeness (QED) is 0.785. The van der Waals surface area contributed by atoms with Crippen molar-refractivity contribution in [1.29, 1.82) is 0 Å². The van der Waals surface area contributed by atoms with Crippen molar-refractivity contribution in [3.63, 3.8) is 0 Å².